The van der Waals surface area contributed by atoms with Crippen molar-refractivity contribution in [3.8, 4) is 6.07 Å². The number of anilines is 1. The second-order valence-electron chi connectivity index (χ2n) is 7.50. The van der Waals surface area contributed by atoms with Crippen molar-refractivity contribution in [1.29, 1.82) is 5.26 Å². The van der Waals surface area contributed by atoms with E-state index in [9.17, 15) is 18.4 Å². The highest BCUT2D eigenvalue weighted by atomic mass is 19.1. The Labute approximate surface area is 177 Å². The standard InChI is InChI=1S/C23H20F2N4O2/c24-17-2-1-15-11-18(27-23(31)20(15)13-17)3-6-22(30)29-9-7-28(8-10-29)19-4-5-21(25)16(12-19)14-26/h1-2,4-5,11-13H,3,6-10H2,(H,27,31). The molecule has 4 rings (SSSR count). The molecule has 6 nitrogen and oxygen atoms in total. The predicted molar refractivity (Wildman–Crippen MR) is 113 cm³/mol. The number of carbonyl (C=O) groups is 1. The Morgan fingerprint density at radius 3 is 2.58 bits per heavy atom. The van der Waals surface area contributed by atoms with Gasteiger partial charge in [-0.15, -0.1) is 0 Å². The zero-order chi connectivity index (χ0) is 22.0. The monoisotopic (exact) mass is 422 g/mol. The van der Waals surface area contributed by atoms with Crippen LogP contribution in [0.3, 0.4) is 0 Å². The van der Waals surface area contributed by atoms with Gasteiger partial charge in [0.1, 0.15) is 17.7 Å². The van der Waals surface area contributed by atoms with Gasteiger partial charge in [0.2, 0.25) is 5.91 Å². The highest BCUT2D eigenvalue weighted by Crippen LogP contribution is 2.20. The van der Waals surface area contributed by atoms with E-state index >= 15 is 0 Å². The number of hydrogen-bond donors (Lipinski definition) is 1. The molecule has 0 spiro atoms. The van der Waals surface area contributed by atoms with Crippen molar-refractivity contribution in [3.05, 3.63) is 75.7 Å². The fraction of sp³-hybridized carbons (Fsp3) is 0.261. The lowest BCUT2D eigenvalue weighted by Crippen LogP contribution is -2.48. The van der Waals surface area contributed by atoms with Crippen molar-refractivity contribution in [2.75, 3.05) is 31.1 Å². The summed E-state index contributed by atoms with van der Waals surface area (Å²) >= 11 is 0. The second-order valence-corrected chi connectivity index (χ2v) is 7.50. The molecule has 1 amide bonds. The molecule has 31 heavy (non-hydrogen) atoms. The predicted octanol–water partition coefficient (Wildman–Crippen LogP) is 2.96. The Hall–Kier alpha value is -3.73. The molecular formula is C23H20F2N4O2. The van der Waals surface area contributed by atoms with Crippen LogP contribution in [-0.2, 0) is 11.2 Å². The van der Waals surface area contributed by atoms with E-state index in [2.05, 4.69) is 4.98 Å². The van der Waals surface area contributed by atoms with Gasteiger partial charge in [0.05, 0.1) is 5.56 Å². The summed E-state index contributed by atoms with van der Waals surface area (Å²) in [6, 6.07) is 12.1. The quantitative estimate of drug-likeness (QED) is 0.701. The van der Waals surface area contributed by atoms with Crippen LogP contribution < -0.4 is 10.5 Å². The molecule has 3 aromatic rings. The van der Waals surface area contributed by atoms with Crippen molar-refractivity contribution < 1.29 is 13.6 Å². The smallest absolute Gasteiger partial charge is 0.256 e. The summed E-state index contributed by atoms with van der Waals surface area (Å²) in [5.74, 6) is -1.03. The molecule has 1 aromatic heterocycles. The summed E-state index contributed by atoms with van der Waals surface area (Å²) in [6.45, 7) is 2.21. The molecule has 0 atom stereocenters. The third kappa shape index (κ3) is 4.40. The third-order valence-corrected chi connectivity index (χ3v) is 5.54. The average molecular weight is 422 g/mol. The first-order chi connectivity index (χ1) is 14.9. The molecule has 0 radical (unpaired) electrons. The molecule has 1 N–H and O–H groups in total. The van der Waals surface area contributed by atoms with Gasteiger partial charge in [0.15, 0.2) is 0 Å². The van der Waals surface area contributed by atoms with Crippen LogP contribution in [0.2, 0.25) is 0 Å². The van der Waals surface area contributed by atoms with E-state index in [0.29, 0.717) is 43.7 Å². The van der Waals surface area contributed by atoms with Crippen LogP contribution in [0.25, 0.3) is 10.8 Å². The zero-order valence-corrected chi connectivity index (χ0v) is 16.7. The molecule has 1 fully saturated rings. The fourth-order valence-electron chi connectivity index (χ4n) is 3.83. The van der Waals surface area contributed by atoms with Gasteiger partial charge in [0, 0.05) is 49.4 Å². The molecule has 1 aliphatic heterocycles. The van der Waals surface area contributed by atoms with Crippen molar-refractivity contribution in [1.82, 2.24) is 9.88 Å². The minimum Gasteiger partial charge on any atom is -0.368 e. The SMILES string of the molecule is N#Cc1cc(N2CCN(C(=O)CCc3cc4ccc(F)cc4c(=O)[nH]3)CC2)ccc1F. The number of aromatic amines is 1. The van der Waals surface area contributed by atoms with E-state index in [0.717, 1.165) is 5.69 Å². The van der Waals surface area contributed by atoms with Crippen molar-refractivity contribution in [3.63, 3.8) is 0 Å². The summed E-state index contributed by atoms with van der Waals surface area (Å²) in [7, 11) is 0. The molecule has 1 aliphatic rings. The minimum atomic E-state index is -0.545. The second kappa shape index (κ2) is 8.56. The summed E-state index contributed by atoms with van der Waals surface area (Å²) < 4.78 is 26.9. The number of aromatic nitrogens is 1. The largest absolute Gasteiger partial charge is 0.368 e. The topological polar surface area (TPSA) is 80.2 Å². The normalized spacial score (nSPS) is 14.0. The highest BCUT2D eigenvalue weighted by molar-refractivity contribution is 5.82. The van der Waals surface area contributed by atoms with Crippen LogP contribution in [0.15, 0.2) is 47.3 Å². The van der Waals surface area contributed by atoms with Crippen molar-refractivity contribution in [2.45, 2.75) is 12.8 Å². The Morgan fingerprint density at radius 2 is 1.84 bits per heavy atom. The number of aryl methyl sites for hydroxylation is 1. The third-order valence-electron chi connectivity index (χ3n) is 5.54. The molecule has 2 heterocycles. The number of H-pyrrole nitrogens is 1. The van der Waals surface area contributed by atoms with Gasteiger partial charge < -0.3 is 14.8 Å². The molecule has 0 unspecified atom stereocenters. The van der Waals surface area contributed by atoms with Gasteiger partial charge in [0.25, 0.3) is 5.56 Å². The average Bonchev–Trinajstić information content (AvgIpc) is 2.78. The summed E-state index contributed by atoms with van der Waals surface area (Å²) in [5.41, 5.74) is 1.02. The maximum atomic E-state index is 13.5. The van der Waals surface area contributed by atoms with Crippen LogP contribution in [-0.4, -0.2) is 42.0 Å². The number of nitrogens with zero attached hydrogens (tertiary/aromatic N) is 3. The summed E-state index contributed by atoms with van der Waals surface area (Å²) in [4.78, 5) is 31.3. The Morgan fingerprint density at radius 1 is 1.06 bits per heavy atom. The van der Waals surface area contributed by atoms with E-state index in [1.54, 1.807) is 23.1 Å². The van der Waals surface area contributed by atoms with Gasteiger partial charge in [-0.1, -0.05) is 6.07 Å². The van der Waals surface area contributed by atoms with Gasteiger partial charge in [-0.05, 0) is 48.2 Å². The Kier molecular flexibility index (Phi) is 5.67. The van der Waals surface area contributed by atoms with Crippen LogP contribution >= 0.6 is 0 Å². The van der Waals surface area contributed by atoms with E-state index in [-0.39, 0.29) is 28.8 Å². The van der Waals surface area contributed by atoms with E-state index in [4.69, 9.17) is 5.26 Å². The van der Waals surface area contributed by atoms with Gasteiger partial charge >= 0.3 is 0 Å². The number of carbonyl (C=O) groups excluding carboxylic acids is 1. The van der Waals surface area contributed by atoms with Crippen LogP contribution in [0.1, 0.15) is 17.7 Å². The molecule has 1 saturated heterocycles. The zero-order valence-electron chi connectivity index (χ0n) is 16.7. The van der Waals surface area contributed by atoms with Gasteiger partial charge in [-0.3, -0.25) is 9.59 Å². The van der Waals surface area contributed by atoms with Crippen LogP contribution in [0, 0.1) is 23.0 Å². The van der Waals surface area contributed by atoms with E-state index < -0.39 is 11.6 Å². The lowest BCUT2D eigenvalue weighted by atomic mass is 10.1. The maximum absolute atomic E-state index is 13.5. The number of amides is 1. The first-order valence-corrected chi connectivity index (χ1v) is 9.98. The lowest BCUT2D eigenvalue weighted by Gasteiger charge is -2.36. The van der Waals surface area contributed by atoms with E-state index in [1.807, 2.05) is 11.0 Å². The Balaban J connectivity index is 1.35. The molecule has 0 saturated carbocycles. The molecule has 0 aliphatic carbocycles. The molecular weight excluding hydrogens is 402 g/mol. The lowest BCUT2D eigenvalue weighted by molar-refractivity contribution is -0.131. The number of piperazine rings is 1. The van der Waals surface area contributed by atoms with Gasteiger partial charge in [-0.2, -0.15) is 5.26 Å². The fourth-order valence-corrected chi connectivity index (χ4v) is 3.83. The molecule has 8 heteroatoms. The number of nitriles is 1. The number of benzene rings is 2. The molecule has 158 valence electrons. The van der Waals surface area contributed by atoms with Gasteiger partial charge in [-0.25, -0.2) is 8.78 Å². The highest BCUT2D eigenvalue weighted by Gasteiger charge is 2.22. The van der Waals surface area contributed by atoms with Crippen LogP contribution in [0.5, 0.6) is 0 Å². The first kappa shape index (κ1) is 20.5. The first-order valence-electron chi connectivity index (χ1n) is 9.98. The minimum absolute atomic E-state index is 0.00289. The van der Waals surface area contributed by atoms with Crippen molar-refractivity contribution >= 4 is 22.4 Å². The molecule has 2 aromatic carbocycles. The number of rotatable bonds is 4. The summed E-state index contributed by atoms with van der Waals surface area (Å²) in [6.07, 6.45) is 0.628. The number of fused-ring (bicyclic) bond motifs is 1. The Bertz CT molecular complexity index is 1240. The number of halogens is 2. The summed E-state index contributed by atoms with van der Waals surface area (Å²) in [5, 5.41) is 9.92. The number of nitrogens with one attached hydrogen (secondary N) is 1. The van der Waals surface area contributed by atoms with Crippen molar-refractivity contribution in [2.24, 2.45) is 0 Å². The number of pyridine rings is 1. The van der Waals surface area contributed by atoms with Crippen LogP contribution in [0.4, 0.5) is 14.5 Å². The molecule has 0 bridgehead atoms. The number of hydrogen-bond acceptors (Lipinski definition) is 4. The maximum Gasteiger partial charge on any atom is 0.256 e. The van der Waals surface area contributed by atoms with E-state index in [1.165, 1.54) is 24.3 Å².